The first-order valence-corrected chi connectivity index (χ1v) is 11.5. The zero-order valence-electron chi connectivity index (χ0n) is 19.4. The molecule has 0 aliphatic carbocycles. The fraction of sp³-hybridized carbons (Fsp3) is 0.444. The number of hydrogen-bond acceptors (Lipinski definition) is 3. The van der Waals surface area contributed by atoms with Crippen molar-refractivity contribution in [2.24, 2.45) is 0 Å². The van der Waals surface area contributed by atoms with E-state index in [9.17, 15) is 18.0 Å². The van der Waals surface area contributed by atoms with Crippen LogP contribution in [0.3, 0.4) is 0 Å². The van der Waals surface area contributed by atoms with E-state index < -0.39 is 17.7 Å². The summed E-state index contributed by atoms with van der Waals surface area (Å²) in [5.41, 5.74) is 1.64. The minimum absolute atomic E-state index is 0.164. The molecule has 0 aliphatic heterocycles. The maximum Gasteiger partial charge on any atom is 0.416 e. The molecule has 178 valence electrons. The van der Waals surface area contributed by atoms with Gasteiger partial charge in [-0.25, -0.2) is 0 Å². The summed E-state index contributed by atoms with van der Waals surface area (Å²) in [6.45, 7) is 3.95. The molecule has 0 saturated heterocycles. The quantitative estimate of drug-likeness (QED) is 0.201. The van der Waals surface area contributed by atoms with E-state index in [0.29, 0.717) is 5.56 Å². The fourth-order valence-electron chi connectivity index (χ4n) is 3.43. The second-order valence-electron chi connectivity index (χ2n) is 8.05. The van der Waals surface area contributed by atoms with Gasteiger partial charge in [-0.05, 0) is 35.7 Å². The lowest BCUT2D eigenvalue weighted by Crippen LogP contribution is -2.26. The van der Waals surface area contributed by atoms with E-state index in [0.717, 1.165) is 36.1 Å². The second-order valence-corrected chi connectivity index (χ2v) is 8.05. The molecule has 0 aliphatic rings. The highest BCUT2D eigenvalue weighted by Crippen LogP contribution is 2.29. The van der Waals surface area contributed by atoms with Crippen molar-refractivity contribution < 1.29 is 22.8 Å². The number of hydroxylamine groups is 2. The van der Waals surface area contributed by atoms with Crippen molar-refractivity contribution in [3.63, 3.8) is 0 Å². The Bertz CT molecular complexity index is 927. The lowest BCUT2D eigenvalue weighted by Gasteiger charge is -2.21. The highest BCUT2D eigenvalue weighted by molar-refractivity contribution is 5.65. The Morgan fingerprint density at radius 1 is 0.939 bits per heavy atom. The standard InChI is InChI=1S/C27H32F3NO2/c1-3-4-5-6-7-8-9-10-13-24-14-11-12-15-25(24)21-31(33-22(2)32)20-23-16-18-26(19-17-23)27(28,29)30/h11-12,14-19H,3-9,20-21H2,1-2H3. The lowest BCUT2D eigenvalue weighted by atomic mass is 10.1. The van der Waals surface area contributed by atoms with Crippen molar-refractivity contribution in [3.05, 3.63) is 70.8 Å². The van der Waals surface area contributed by atoms with E-state index in [-0.39, 0.29) is 13.1 Å². The van der Waals surface area contributed by atoms with E-state index in [1.807, 2.05) is 24.3 Å². The first-order chi connectivity index (χ1) is 15.8. The summed E-state index contributed by atoms with van der Waals surface area (Å²) in [6.07, 6.45) is 3.74. The van der Waals surface area contributed by atoms with Crippen molar-refractivity contribution >= 4 is 5.97 Å². The van der Waals surface area contributed by atoms with Gasteiger partial charge in [0.2, 0.25) is 0 Å². The molecule has 0 unspecified atom stereocenters. The summed E-state index contributed by atoms with van der Waals surface area (Å²) in [5, 5.41) is 1.44. The van der Waals surface area contributed by atoms with Gasteiger partial charge < -0.3 is 4.84 Å². The van der Waals surface area contributed by atoms with Crippen molar-refractivity contribution in [2.45, 2.75) is 78.1 Å². The highest BCUT2D eigenvalue weighted by Gasteiger charge is 2.30. The molecule has 2 aromatic carbocycles. The molecule has 0 saturated carbocycles. The topological polar surface area (TPSA) is 29.5 Å². The SMILES string of the molecule is CCCCCCCCC#Cc1ccccc1CN(Cc1ccc(C(F)(F)F)cc1)OC(C)=O. The predicted molar refractivity (Wildman–Crippen MR) is 124 cm³/mol. The Morgan fingerprint density at radius 2 is 1.61 bits per heavy atom. The first kappa shape index (κ1) is 26.5. The molecule has 0 fully saturated rings. The Kier molecular flexibility index (Phi) is 11.0. The van der Waals surface area contributed by atoms with Crippen LogP contribution in [0.25, 0.3) is 0 Å². The largest absolute Gasteiger partial charge is 0.416 e. The molecular formula is C27H32F3NO2. The third-order valence-electron chi connectivity index (χ3n) is 5.14. The van der Waals surface area contributed by atoms with Crippen LogP contribution in [0.5, 0.6) is 0 Å². The van der Waals surface area contributed by atoms with Crippen LogP contribution in [0, 0.1) is 11.8 Å². The van der Waals surface area contributed by atoms with Gasteiger partial charge in [-0.1, -0.05) is 81.2 Å². The van der Waals surface area contributed by atoms with Crippen LogP contribution < -0.4 is 0 Å². The number of rotatable bonds is 11. The molecule has 2 rings (SSSR count). The average Bonchev–Trinajstić information content (AvgIpc) is 2.76. The molecule has 0 radical (unpaired) electrons. The minimum atomic E-state index is -4.39. The van der Waals surface area contributed by atoms with Gasteiger partial charge in [-0.3, -0.25) is 4.79 Å². The maximum absolute atomic E-state index is 12.8. The van der Waals surface area contributed by atoms with E-state index in [1.165, 1.54) is 56.2 Å². The molecular weight excluding hydrogens is 427 g/mol. The summed E-state index contributed by atoms with van der Waals surface area (Å²) in [6, 6.07) is 12.5. The number of carbonyl (C=O) groups excluding carboxylic acids is 1. The Labute approximate surface area is 194 Å². The first-order valence-electron chi connectivity index (χ1n) is 11.5. The Morgan fingerprint density at radius 3 is 2.27 bits per heavy atom. The molecule has 0 aromatic heterocycles. The number of carbonyl (C=O) groups is 1. The molecule has 0 N–H and O–H groups in total. The number of unbranched alkanes of at least 4 members (excludes halogenated alkanes) is 6. The molecule has 33 heavy (non-hydrogen) atoms. The minimum Gasteiger partial charge on any atom is -0.368 e. The van der Waals surface area contributed by atoms with E-state index in [4.69, 9.17) is 4.84 Å². The summed E-state index contributed by atoms with van der Waals surface area (Å²) in [4.78, 5) is 16.9. The van der Waals surface area contributed by atoms with Gasteiger partial charge in [0.05, 0.1) is 18.7 Å². The maximum atomic E-state index is 12.8. The normalized spacial score (nSPS) is 11.2. The van der Waals surface area contributed by atoms with Crippen LogP contribution in [-0.2, 0) is 28.9 Å². The summed E-state index contributed by atoms with van der Waals surface area (Å²) >= 11 is 0. The predicted octanol–water partition coefficient (Wildman–Crippen LogP) is 7.29. The van der Waals surface area contributed by atoms with Crippen LogP contribution in [0.2, 0.25) is 0 Å². The monoisotopic (exact) mass is 459 g/mol. The van der Waals surface area contributed by atoms with Gasteiger partial charge in [0, 0.05) is 18.9 Å². The number of halogens is 3. The van der Waals surface area contributed by atoms with Gasteiger partial charge in [0.1, 0.15) is 0 Å². The molecule has 2 aromatic rings. The second kappa shape index (κ2) is 13.7. The van der Waals surface area contributed by atoms with Crippen LogP contribution >= 0.6 is 0 Å². The van der Waals surface area contributed by atoms with Crippen LogP contribution in [0.4, 0.5) is 13.2 Å². The number of nitrogens with zero attached hydrogens (tertiary/aromatic N) is 1. The third-order valence-corrected chi connectivity index (χ3v) is 5.14. The number of benzene rings is 2. The lowest BCUT2D eigenvalue weighted by molar-refractivity contribution is -0.194. The molecule has 0 atom stereocenters. The highest BCUT2D eigenvalue weighted by atomic mass is 19.4. The van der Waals surface area contributed by atoms with E-state index in [1.54, 1.807) is 0 Å². The van der Waals surface area contributed by atoms with Crippen LogP contribution in [0.1, 0.15) is 81.0 Å². The van der Waals surface area contributed by atoms with Crippen molar-refractivity contribution in [2.75, 3.05) is 0 Å². The molecule has 0 spiro atoms. The summed E-state index contributed by atoms with van der Waals surface area (Å²) in [5.74, 6) is 5.96. The van der Waals surface area contributed by atoms with Crippen molar-refractivity contribution in [3.8, 4) is 11.8 Å². The van der Waals surface area contributed by atoms with E-state index >= 15 is 0 Å². The molecule has 0 heterocycles. The molecule has 0 bridgehead atoms. The molecule has 0 amide bonds. The molecule has 3 nitrogen and oxygen atoms in total. The van der Waals surface area contributed by atoms with Crippen molar-refractivity contribution in [1.29, 1.82) is 0 Å². The van der Waals surface area contributed by atoms with Gasteiger partial charge in [0.15, 0.2) is 0 Å². The summed E-state index contributed by atoms with van der Waals surface area (Å²) < 4.78 is 38.4. The van der Waals surface area contributed by atoms with Gasteiger partial charge in [0.25, 0.3) is 0 Å². The fourth-order valence-corrected chi connectivity index (χ4v) is 3.43. The Balaban J connectivity index is 2.03. The third kappa shape index (κ3) is 10.1. The van der Waals surface area contributed by atoms with Gasteiger partial charge in [-0.15, -0.1) is 5.06 Å². The van der Waals surface area contributed by atoms with Gasteiger partial charge in [-0.2, -0.15) is 13.2 Å². The van der Waals surface area contributed by atoms with Gasteiger partial charge >= 0.3 is 12.1 Å². The average molecular weight is 460 g/mol. The van der Waals surface area contributed by atoms with Crippen LogP contribution in [-0.4, -0.2) is 11.0 Å². The Hall–Kier alpha value is -2.78. The van der Waals surface area contributed by atoms with Crippen molar-refractivity contribution in [1.82, 2.24) is 5.06 Å². The zero-order chi connectivity index (χ0) is 24.1. The van der Waals surface area contributed by atoms with E-state index in [2.05, 4.69) is 18.8 Å². The number of alkyl halides is 3. The smallest absolute Gasteiger partial charge is 0.368 e. The zero-order valence-corrected chi connectivity index (χ0v) is 19.4. The van der Waals surface area contributed by atoms with Crippen LogP contribution in [0.15, 0.2) is 48.5 Å². The molecule has 6 heteroatoms. The summed E-state index contributed by atoms with van der Waals surface area (Å²) in [7, 11) is 0. The number of hydrogen-bond donors (Lipinski definition) is 0.